The molecule has 162 valence electrons. The van der Waals surface area contributed by atoms with Crippen LogP contribution in [0.2, 0.25) is 0 Å². The van der Waals surface area contributed by atoms with Crippen molar-refractivity contribution in [3.8, 4) is 17.1 Å². The van der Waals surface area contributed by atoms with Gasteiger partial charge in [0.1, 0.15) is 5.75 Å². The lowest BCUT2D eigenvalue weighted by Gasteiger charge is -2.15. The van der Waals surface area contributed by atoms with Gasteiger partial charge in [-0.25, -0.2) is 0 Å². The molecule has 0 saturated carbocycles. The van der Waals surface area contributed by atoms with Gasteiger partial charge in [-0.15, -0.1) is 10.2 Å². The van der Waals surface area contributed by atoms with Crippen molar-refractivity contribution in [1.29, 1.82) is 0 Å². The van der Waals surface area contributed by atoms with Gasteiger partial charge >= 0.3 is 0 Å². The lowest BCUT2D eigenvalue weighted by Crippen LogP contribution is -2.25. The number of pyridine rings is 1. The minimum atomic E-state index is -0.0756. The normalized spacial score (nSPS) is 15.7. The highest BCUT2D eigenvalue weighted by Gasteiger charge is 2.22. The molecule has 1 fully saturated rings. The quantitative estimate of drug-likeness (QED) is 0.513. The van der Waals surface area contributed by atoms with E-state index in [1.54, 1.807) is 13.3 Å². The Labute approximate surface area is 185 Å². The maximum atomic E-state index is 12.3. The molecule has 1 aliphatic rings. The second kappa shape index (κ2) is 10.4. The molecule has 9 heteroatoms. The molecule has 1 aromatic carbocycles. The minimum absolute atomic E-state index is 0.0756. The van der Waals surface area contributed by atoms with E-state index in [0.29, 0.717) is 18.2 Å². The number of nitrogens with one attached hydrogen (secondary N) is 1. The molecule has 1 saturated heterocycles. The number of rotatable bonds is 9. The van der Waals surface area contributed by atoms with Crippen molar-refractivity contribution in [2.45, 2.75) is 37.2 Å². The fourth-order valence-corrected chi connectivity index (χ4v) is 4.16. The number of hydrogen-bond donors (Lipinski definition) is 1. The highest BCUT2D eigenvalue weighted by atomic mass is 32.2. The van der Waals surface area contributed by atoms with Crippen LogP contribution in [0.1, 0.15) is 18.5 Å². The van der Waals surface area contributed by atoms with Crippen LogP contribution in [0.4, 0.5) is 0 Å². The summed E-state index contributed by atoms with van der Waals surface area (Å²) in [6, 6.07) is 13.4. The van der Waals surface area contributed by atoms with Crippen LogP contribution in [-0.2, 0) is 22.6 Å². The molecule has 3 aromatic rings. The number of hydrogen-bond acceptors (Lipinski definition) is 7. The summed E-state index contributed by atoms with van der Waals surface area (Å²) in [5, 5.41) is 12.4. The Morgan fingerprint density at radius 1 is 1.26 bits per heavy atom. The van der Waals surface area contributed by atoms with Gasteiger partial charge in [-0.3, -0.25) is 14.3 Å². The average Bonchev–Trinajstić information content (AvgIpc) is 3.47. The van der Waals surface area contributed by atoms with E-state index in [1.165, 1.54) is 11.8 Å². The second-order valence-corrected chi connectivity index (χ2v) is 8.11. The van der Waals surface area contributed by atoms with Gasteiger partial charge < -0.3 is 14.8 Å². The Hall–Kier alpha value is -2.91. The molecular formula is C22H25N5O3S. The predicted molar refractivity (Wildman–Crippen MR) is 118 cm³/mol. The molecule has 8 nitrogen and oxygen atoms in total. The number of thioether (sulfide) groups is 1. The number of ether oxygens (including phenoxy) is 2. The van der Waals surface area contributed by atoms with Gasteiger partial charge in [-0.1, -0.05) is 17.8 Å². The van der Waals surface area contributed by atoms with Crippen LogP contribution in [0.5, 0.6) is 5.75 Å². The number of nitrogens with zero attached hydrogens (tertiary/aromatic N) is 4. The topological polar surface area (TPSA) is 91.2 Å². The van der Waals surface area contributed by atoms with E-state index in [4.69, 9.17) is 9.47 Å². The fourth-order valence-electron chi connectivity index (χ4n) is 3.38. The van der Waals surface area contributed by atoms with Crippen LogP contribution in [0.15, 0.2) is 53.8 Å². The van der Waals surface area contributed by atoms with Crippen LogP contribution in [0.25, 0.3) is 11.4 Å². The van der Waals surface area contributed by atoms with Gasteiger partial charge in [0, 0.05) is 18.4 Å². The van der Waals surface area contributed by atoms with Gasteiger partial charge in [0.2, 0.25) is 5.91 Å². The standard InChI is InChI=1S/C22H25N5O3S/c1-29-18-9-7-16(8-10-18)21-25-26-22(27(21)14-19-6-4-12-30-19)31-15-20(28)24-13-17-5-2-3-11-23-17/h2-3,5,7-11,19H,4,6,12-15H2,1H3,(H,24,28). The van der Waals surface area contributed by atoms with Gasteiger partial charge in [0.15, 0.2) is 11.0 Å². The number of carbonyl (C=O) groups excluding carboxylic acids is 1. The summed E-state index contributed by atoms with van der Waals surface area (Å²) >= 11 is 1.37. The minimum Gasteiger partial charge on any atom is -0.497 e. The summed E-state index contributed by atoms with van der Waals surface area (Å²) in [7, 11) is 1.64. The molecule has 1 aliphatic heterocycles. The molecule has 1 N–H and O–H groups in total. The highest BCUT2D eigenvalue weighted by molar-refractivity contribution is 7.99. The number of aromatic nitrogens is 4. The Bertz CT molecular complexity index is 988. The van der Waals surface area contributed by atoms with Gasteiger partial charge in [0.05, 0.1) is 37.8 Å². The third-order valence-corrected chi connectivity index (χ3v) is 5.97. The third-order valence-electron chi connectivity index (χ3n) is 5.00. The monoisotopic (exact) mass is 439 g/mol. The van der Waals surface area contributed by atoms with E-state index < -0.39 is 0 Å². The van der Waals surface area contributed by atoms with E-state index in [1.807, 2.05) is 42.5 Å². The number of benzene rings is 1. The zero-order chi connectivity index (χ0) is 21.5. The van der Waals surface area contributed by atoms with E-state index in [-0.39, 0.29) is 17.8 Å². The van der Waals surface area contributed by atoms with E-state index in [2.05, 4.69) is 25.1 Å². The molecule has 0 radical (unpaired) electrons. The second-order valence-electron chi connectivity index (χ2n) is 7.17. The Kier molecular flexibility index (Phi) is 7.16. The molecule has 0 spiro atoms. The van der Waals surface area contributed by atoms with Crippen molar-refractivity contribution in [1.82, 2.24) is 25.1 Å². The lowest BCUT2D eigenvalue weighted by molar-refractivity contribution is -0.118. The van der Waals surface area contributed by atoms with Crippen LogP contribution >= 0.6 is 11.8 Å². The first kappa shape index (κ1) is 21.3. The van der Waals surface area contributed by atoms with Gasteiger partial charge in [-0.05, 0) is 49.2 Å². The summed E-state index contributed by atoms with van der Waals surface area (Å²) in [5.74, 6) is 1.72. The molecular weight excluding hydrogens is 414 g/mol. The van der Waals surface area contributed by atoms with Crippen molar-refractivity contribution in [3.05, 3.63) is 54.4 Å². The zero-order valence-electron chi connectivity index (χ0n) is 17.4. The molecule has 3 heterocycles. The number of methoxy groups -OCH3 is 1. The molecule has 0 bridgehead atoms. The van der Waals surface area contributed by atoms with Crippen molar-refractivity contribution in [3.63, 3.8) is 0 Å². The highest BCUT2D eigenvalue weighted by Crippen LogP contribution is 2.27. The Balaban J connectivity index is 1.45. The first-order valence-electron chi connectivity index (χ1n) is 10.2. The van der Waals surface area contributed by atoms with Crippen LogP contribution < -0.4 is 10.1 Å². The molecule has 1 unspecified atom stereocenters. The predicted octanol–water partition coefficient (Wildman–Crippen LogP) is 2.94. The first-order valence-corrected chi connectivity index (χ1v) is 11.2. The summed E-state index contributed by atoms with van der Waals surface area (Å²) in [6.45, 7) is 1.84. The zero-order valence-corrected chi connectivity index (χ0v) is 18.2. The van der Waals surface area contributed by atoms with Crippen molar-refractivity contribution < 1.29 is 14.3 Å². The maximum Gasteiger partial charge on any atom is 0.230 e. The lowest BCUT2D eigenvalue weighted by atomic mass is 10.2. The SMILES string of the molecule is COc1ccc(-c2nnc(SCC(=O)NCc3ccccn3)n2CC2CCCO2)cc1. The van der Waals surface area contributed by atoms with Gasteiger partial charge in [-0.2, -0.15) is 0 Å². The molecule has 1 atom stereocenters. The summed E-state index contributed by atoms with van der Waals surface area (Å²) < 4.78 is 13.1. The summed E-state index contributed by atoms with van der Waals surface area (Å²) in [5.41, 5.74) is 1.77. The molecule has 31 heavy (non-hydrogen) atoms. The average molecular weight is 440 g/mol. The Morgan fingerprint density at radius 3 is 2.84 bits per heavy atom. The number of carbonyl (C=O) groups is 1. The van der Waals surface area contributed by atoms with Crippen LogP contribution in [-0.4, -0.2) is 51.2 Å². The van der Waals surface area contributed by atoms with Crippen LogP contribution in [0.3, 0.4) is 0 Å². The summed E-state index contributed by atoms with van der Waals surface area (Å²) in [6.07, 6.45) is 3.91. The van der Waals surface area contributed by atoms with Gasteiger partial charge in [0.25, 0.3) is 0 Å². The van der Waals surface area contributed by atoms with Crippen molar-refractivity contribution in [2.24, 2.45) is 0 Å². The van der Waals surface area contributed by atoms with E-state index in [9.17, 15) is 4.79 Å². The molecule has 2 aromatic heterocycles. The van der Waals surface area contributed by atoms with E-state index in [0.717, 1.165) is 42.3 Å². The fraction of sp³-hybridized carbons (Fsp3) is 0.364. The first-order chi connectivity index (χ1) is 15.2. The smallest absolute Gasteiger partial charge is 0.230 e. The Morgan fingerprint density at radius 2 is 2.13 bits per heavy atom. The van der Waals surface area contributed by atoms with Crippen LogP contribution in [0, 0.1) is 0 Å². The number of amides is 1. The largest absolute Gasteiger partial charge is 0.497 e. The molecule has 0 aliphatic carbocycles. The third kappa shape index (κ3) is 5.62. The van der Waals surface area contributed by atoms with Crippen molar-refractivity contribution in [2.75, 3.05) is 19.5 Å². The van der Waals surface area contributed by atoms with Crippen molar-refractivity contribution >= 4 is 17.7 Å². The maximum absolute atomic E-state index is 12.3. The summed E-state index contributed by atoms with van der Waals surface area (Å²) in [4.78, 5) is 16.6. The molecule has 4 rings (SSSR count). The van der Waals surface area contributed by atoms with E-state index >= 15 is 0 Å². The molecule has 1 amide bonds.